The third-order valence-electron chi connectivity index (χ3n) is 5.97. The Morgan fingerprint density at radius 1 is 1.10 bits per heavy atom. The second-order valence-electron chi connectivity index (χ2n) is 8.15. The summed E-state index contributed by atoms with van der Waals surface area (Å²) in [5, 5.41) is 0. The molecule has 5 nitrogen and oxygen atoms in total. The molecule has 0 radical (unpaired) electrons. The van der Waals surface area contributed by atoms with E-state index in [2.05, 4.69) is 0 Å². The standard InChI is InChI=1S/C25H25NO4/c1-15-10-12-18(13-11-15)23(27)17(3)30-20-8-5-7-19(14-20)26-24(28)21-9-4-6-16(2)22(21)25(26)29/h4-8,10-14,16-17,21-22H,9H2,1-3H3/t16-,17-,21+,22+/m1/s1. The van der Waals surface area contributed by atoms with Crippen molar-refractivity contribution in [2.75, 3.05) is 4.90 Å². The van der Waals surface area contributed by atoms with Crippen molar-refractivity contribution in [2.24, 2.45) is 17.8 Å². The van der Waals surface area contributed by atoms with Crippen LogP contribution in [0.5, 0.6) is 5.75 Å². The number of ether oxygens (including phenoxy) is 1. The fraction of sp³-hybridized carbons (Fsp3) is 0.320. The molecule has 2 amide bonds. The van der Waals surface area contributed by atoms with Gasteiger partial charge in [-0.2, -0.15) is 0 Å². The number of fused-ring (bicyclic) bond motifs is 1. The minimum atomic E-state index is -0.695. The van der Waals surface area contributed by atoms with Gasteiger partial charge in [-0.05, 0) is 38.3 Å². The number of imide groups is 1. The van der Waals surface area contributed by atoms with Gasteiger partial charge in [-0.25, -0.2) is 4.90 Å². The normalized spacial score (nSPS) is 24.0. The van der Waals surface area contributed by atoms with Gasteiger partial charge in [-0.3, -0.25) is 14.4 Å². The van der Waals surface area contributed by atoms with Crippen LogP contribution < -0.4 is 9.64 Å². The highest BCUT2D eigenvalue weighted by Crippen LogP contribution is 2.41. The monoisotopic (exact) mass is 403 g/mol. The van der Waals surface area contributed by atoms with Gasteiger partial charge in [0.05, 0.1) is 17.5 Å². The largest absolute Gasteiger partial charge is 0.482 e. The fourth-order valence-corrected chi connectivity index (χ4v) is 4.31. The van der Waals surface area contributed by atoms with Crippen LogP contribution in [0.2, 0.25) is 0 Å². The molecule has 2 aromatic carbocycles. The summed E-state index contributed by atoms with van der Waals surface area (Å²) in [6.45, 7) is 5.64. The molecule has 30 heavy (non-hydrogen) atoms. The van der Waals surface area contributed by atoms with Crippen molar-refractivity contribution in [1.82, 2.24) is 0 Å². The SMILES string of the molecule is Cc1ccc(C(=O)[C@@H](C)Oc2cccc(N3C(=O)[C@H]4[C@H](C)C=CC[C@@H]4C3=O)c2)cc1. The summed E-state index contributed by atoms with van der Waals surface area (Å²) >= 11 is 0. The van der Waals surface area contributed by atoms with Crippen molar-refractivity contribution in [2.45, 2.75) is 33.3 Å². The van der Waals surface area contributed by atoms with E-state index < -0.39 is 6.10 Å². The third-order valence-corrected chi connectivity index (χ3v) is 5.97. The van der Waals surface area contributed by atoms with E-state index >= 15 is 0 Å². The Morgan fingerprint density at radius 3 is 2.53 bits per heavy atom. The molecular formula is C25H25NO4. The predicted octanol–water partition coefficient (Wildman–Crippen LogP) is 4.35. The summed E-state index contributed by atoms with van der Waals surface area (Å²) in [5.74, 6) is -0.582. The molecule has 5 heteroatoms. The Balaban J connectivity index is 1.53. The van der Waals surface area contributed by atoms with Crippen LogP contribution in [0, 0.1) is 24.7 Å². The number of allylic oxidation sites excluding steroid dienone is 2. The van der Waals surface area contributed by atoms with Crippen LogP contribution in [0.4, 0.5) is 5.69 Å². The second kappa shape index (κ2) is 7.90. The molecule has 2 aliphatic rings. The first kappa shape index (κ1) is 20.1. The molecular weight excluding hydrogens is 378 g/mol. The molecule has 154 valence electrons. The van der Waals surface area contributed by atoms with Crippen molar-refractivity contribution in [1.29, 1.82) is 0 Å². The van der Waals surface area contributed by atoms with Gasteiger partial charge in [0.15, 0.2) is 6.10 Å². The molecule has 0 bridgehead atoms. The van der Waals surface area contributed by atoms with Crippen LogP contribution in [-0.2, 0) is 9.59 Å². The number of nitrogens with zero attached hydrogens (tertiary/aromatic N) is 1. The minimum absolute atomic E-state index is 0.0387. The van der Waals surface area contributed by atoms with Gasteiger partial charge >= 0.3 is 0 Å². The van der Waals surface area contributed by atoms with E-state index in [0.717, 1.165) is 5.56 Å². The zero-order valence-electron chi connectivity index (χ0n) is 17.4. The molecule has 4 atom stereocenters. The molecule has 0 saturated carbocycles. The molecule has 4 rings (SSSR count). The van der Waals surface area contributed by atoms with Crippen molar-refractivity contribution < 1.29 is 19.1 Å². The van der Waals surface area contributed by atoms with Gasteiger partial charge in [0.1, 0.15) is 5.75 Å². The number of carbonyl (C=O) groups is 3. The fourth-order valence-electron chi connectivity index (χ4n) is 4.31. The number of rotatable bonds is 5. The first-order valence-corrected chi connectivity index (χ1v) is 10.3. The predicted molar refractivity (Wildman–Crippen MR) is 114 cm³/mol. The number of aryl methyl sites for hydroxylation is 1. The number of carbonyl (C=O) groups excluding carboxylic acids is 3. The highest BCUT2D eigenvalue weighted by molar-refractivity contribution is 6.22. The number of hydrogen-bond acceptors (Lipinski definition) is 4. The Bertz CT molecular complexity index is 1020. The Morgan fingerprint density at radius 2 is 1.83 bits per heavy atom. The maximum Gasteiger partial charge on any atom is 0.238 e. The average molecular weight is 403 g/mol. The van der Waals surface area contributed by atoms with E-state index in [1.807, 2.05) is 38.1 Å². The summed E-state index contributed by atoms with van der Waals surface area (Å²) in [6.07, 6.45) is 3.89. The lowest BCUT2D eigenvalue weighted by atomic mass is 9.78. The third kappa shape index (κ3) is 3.56. The van der Waals surface area contributed by atoms with Gasteiger partial charge in [0.2, 0.25) is 17.6 Å². The van der Waals surface area contributed by atoms with E-state index in [-0.39, 0.29) is 35.4 Å². The van der Waals surface area contributed by atoms with Crippen LogP contribution in [0.3, 0.4) is 0 Å². The number of Topliss-reactive ketones (excluding diaryl/α,β-unsaturated/α-hetero) is 1. The molecule has 1 fully saturated rings. The molecule has 1 heterocycles. The molecule has 2 aromatic rings. The molecule has 0 unspecified atom stereocenters. The molecule has 0 N–H and O–H groups in total. The lowest BCUT2D eigenvalue weighted by Gasteiger charge is -2.22. The quantitative estimate of drug-likeness (QED) is 0.423. The van der Waals surface area contributed by atoms with Gasteiger partial charge in [-0.1, -0.05) is 55.0 Å². The average Bonchev–Trinajstić information content (AvgIpc) is 2.99. The lowest BCUT2D eigenvalue weighted by Crippen LogP contribution is -2.31. The number of benzene rings is 2. The number of amides is 2. The lowest BCUT2D eigenvalue weighted by molar-refractivity contribution is -0.122. The van der Waals surface area contributed by atoms with Crippen LogP contribution in [0.1, 0.15) is 36.2 Å². The van der Waals surface area contributed by atoms with Crippen LogP contribution >= 0.6 is 0 Å². The molecule has 0 aromatic heterocycles. The first-order chi connectivity index (χ1) is 14.4. The van der Waals surface area contributed by atoms with Gasteiger partial charge < -0.3 is 4.74 Å². The zero-order chi connectivity index (χ0) is 21.4. The topological polar surface area (TPSA) is 63.7 Å². The van der Waals surface area contributed by atoms with Gasteiger partial charge in [0, 0.05) is 11.6 Å². The molecule has 0 spiro atoms. The summed E-state index contributed by atoms with van der Waals surface area (Å²) < 4.78 is 5.86. The Labute approximate surface area is 176 Å². The van der Waals surface area contributed by atoms with Crippen LogP contribution in [0.25, 0.3) is 0 Å². The number of anilines is 1. The molecule has 1 aliphatic carbocycles. The summed E-state index contributed by atoms with van der Waals surface area (Å²) in [6, 6.07) is 14.2. The summed E-state index contributed by atoms with van der Waals surface area (Å²) in [5.41, 5.74) is 2.15. The van der Waals surface area contributed by atoms with Gasteiger partial charge in [-0.15, -0.1) is 0 Å². The van der Waals surface area contributed by atoms with Crippen molar-refractivity contribution >= 4 is 23.3 Å². The van der Waals surface area contributed by atoms with E-state index in [1.165, 1.54) is 4.90 Å². The number of hydrogen-bond donors (Lipinski definition) is 0. The highest BCUT2D eigenvalue weighted by atomic mass is 16.5. The van der Waals surface area contributed by atoms with Crippen molar-refractivity contribution in [3.63, 3.8) is 0 Å². The first-order valence-electron chi connectivity index (χ1n) is 10.3. The second-order valence-corrected chi connectivity index (χ2v) is 8.15. The smallest absolute Gasteiger partial charge is 0.238 e. The van der Waals surface area contributed by atoms with E-state index in [0.29, 0.717) is 23.4 Å². The maximum absolute atomic E-state index is 13.0. The van der Waals surface area contributed by atoms with Crippen molar-refractivity contribution in [3.05, 3.63) is 71.8 Å². The minimum Gasteiger partial charge on any atom is -0.482 e. The highest BCUT2D eigenvalue weighted by Gasteiger charge is 2.50. The van der Waals surface area contributed by atoms with Crippen LogP contribution in [-0.4, -0.2) is 23.7 Å². The molecule has 1 aliphatic heterocycles. The summed E-state index contributed by atoms with van der Waals surface area (Å²) in [4.78, 5) is 39.9. The molecule has 1 saturated heterocycles. The van der Waals surface area contributed by atoms with Crippen molar-refractivity contribution in [3.8, 4) is 5.75 Å². The van der Waals surface area contributed by atoms with E-state index in [4.69, 9.17) is 4.74 Å². The van der Waals surface area contributed by atoms with Crippen LogP contribution in [0.15, 0.2) is 60.7 Å². The van der Waals surface area contributed by atoms with E-state index in [9.17, 15) is 14.4 Å². The summed E-state index contributed by atoms with van der Waals surface area (Å²) in [7, 11) is 0. The maximum atomic E-state index is 13.0. The zero-order valence-corrected chi connectivity index (χ0v) is 17.4. The van der Waals surface area contributed by atoms with E-state index in [1.54, 1.807) is 43.3 Å². The van der Waals surface area contributed by atoms with Gasteiger partial charge in [0.25, 0.3) is 0 Å². The Hall–Kier alpha value is -3.21. The number of ketones is 1. The Kier molecular flexibility index (Phi) is 5.29.